The van der Waals surface area contributed by atoms with Crippen LogP contribution in [0.15, 0.2) is 18.2 Å². The van der Waals surface area contributed by atoms with Crippen LogP contribution in [-0.4, -0.2) is 34.8 Å². The summed E-state index contributed by atoms with van der Waals surface area (Å²) in [5, 5.41) is 13.5. The summed E-state index contributed by atoms with van der Waals surface area (Å²) in [6, 6.07) is 5.47. The molecule has 1 unspecified atom stereocenters. The lowest BCUT2D eigenvalue weighted by atomic mass is 10.1. The molecule has 0 bridgehead atoms. The fourth-order valence-electron chi connectivity index (χ4n) is 2.11. The number of anilines is 2. The second-order valence-electron chi connectivity index (χ2n) is 4.63. The van der Waals surface area contributed by atoms with E-state index in [-0.39, 0.29) is 18.6 Å². The topological polar surface area (TPSA) is 93.3 Å². The fraction of sp³-hybridized carbons (Fsp3) is 0.429. The predicted molar refractivity (Wildman–Crippen MR) is 79.9 cm³/mol. The molecule has 0 saturated carbocycles. The first-order valence-corrected chi connectivity index (χ1v) is 6.66. The molecule has 1 aromatic heterocycles. The molecule has 0 amide bonds. The summed E-state index contributed by atoms with van der Waals surface area (Å²) in [5.74, 6) is 1.56. The van der Waals surface area contributed by atoms with Gasteiger partial charge < -0.3 is 20.9 Å². The molecule has 1 aromatic carbocycles. The van der Waals surface area contributed by atoms with Crippen LogP contribution in [0, 0.1) is 0 Å². The number of benzene rings is 1. The van der Waals surface area contributed by atoms with Gasteiger partial charge in [0.25, 0.3) is 0 Å². The van der Waals surface area contributed by atoms with Crippen LogP contribution in [0.2, 0.25) is 0 Å². The Morgan fingerprint density at radius 3 is 2.85 bits per heavy atom. The van der Waals surface area contributed by atoms with Gasteiger partial charge in [0.05, 0.1) is 25.3 Å². The zero-order valence-corrected chi connectivity index (χ0v) is 11.8. The van der Waals surface area contributed by atoms with Gasteiger partial charge >= 0.3 is 0 Å². The molecule has 0 aliphatic rings. The lowest BCUT2D eigenvalue weighted by Crippen LogP contribution is -2.24. The number of rotatable bonds is 6. The van der Waals surface area contributed by atoms with Gasteiger partial charge in [-0.05, 0) is 24.6 Å². The van der Waals surface area contributed by atoms with E-state index in [1.54, 1.807) is 7.11 Å². The molecule has 0 fully saturated rings. The van der Waals surface area contributed by atoms with Crippen LogP contribution in [0.1, 0.15) is 19.8 Å². The Morgan fingerprint density at radius 1 is 1.40 bits per heavy atom. The van der Waals surface area contributed by atoms with Crippen molar-refractivity contribution in [1.29, 1.82) is 0 Å². The highest BCUT2D eigenvalue weighted by Gasteiger charge is 2.12. The first-order chi connectivity index (χ1) is 9.67. The van der Waals surface area contributed by atoms with E-state index in [1.165, 1.54) is 0 Å². The van der Waals surface area contributed by atoms with Crippen LogP contribution < -0.4 is 15.8 Å². The molecule has 108 valence electrons. The van der Waals surface area contributed by atoms with Crippen LogP contribution in [0.4, 0.5) is 11.8 Å². The monoisotopic (exact) mass is 276 g/mol. The van der Waals surface area contributed by atoms with E-state index in [9.17, 15) is 5.11 Å². The molecule has 0 aliphatic carbocycles. The van der Waals surface area contributed by atoms with Crippen molar-refractivity contribution in [3.63, 3.8) is 0 Å². The predicted octanol–water partition coefficient (Wildman–Crippen LogP) is 1.79. The highest BCUT2D eigenvalue weighted by molar-refractivity contribution is 5.91. The van der Waals surface area contributed by atoms with Crippen molar-refractivity contribution in [1.82, 2.24) is 9.97 Å². The normalized spacial score (nSPS) is 12.3. The smallest absolute Gasteiger partial charge is 0.222 e. The third-order valence-corrected chi connectivity index (χ3v) is 3.12. The molecular formula is C14H20N4O2. The maximum Gasteiger partial charge on any atom is 0.222 e. The van der Waals surface area contributed by atoms with Gasteiger partial charge in [-0.2, -0.15) is 4.98 Å². The van der Waals surface area contributed by atoms with Crippen LogP contribution >= 0.6 is 0 Å². The Hall–Kier alpha value is -2.08. The van der Waals surface area contributed by atoms with Gasteiger partial charge in [0, 0.05) is 5.39 Å². The summed E-state index contributed by atoms with van der Waals surface area (Å²) < 4.78 is 5.22. The lowest BCUT2D eigenvalue weighted by molar-refractivity contribution is 0.268. The van der Waals surface area contributed by atoms with Crippen LogP contribution in [0.25, 0.3) is 10.9 Å². The molecule has 6 heteroatoms. The highest BCUT2D eigenvalue weighted by Crippen LogP contribution is 2.26. The average Bonchev–Trinajstić information content (AvgIpc) is 2.46. The van der Waals surface area contributed by atoms with E-state index >= 15 is 0 Å². The Bertz CT molecular complexity index is 589. The van der Waals surface area contributed by atoms with Gasteiger partial charge in [-0.1, -0.05) is 13.3 Å². The number of nitrogen functional groups attached to an aromatic ring is 1. The first-order valence-electron chi connectivity index (χ1n) is 6.66. The highest BCUT2D eigenvalue weighted by atomic mass is 16.5. The fourth-order valence-corrected chi connectivity index (χ4v) is 2.11. The number of fused-ring (bicyclic) bond motifs is 1. The Morgan fingerprint density at radius 2 is 2.20 bits per heavy atom. The van der Waals surface area contributed by atoms with E-state index in [1.807, 2.05) is 18.2 Å². The van der Waals surface area contributed by atoms with Gasteiger partial charge in [0.15, 0.2) is 0 Å². The van der Waals surface area contributed by atoms with Crippen molar-refractivity contribution in [2.24, 2.45) is 0 Å². The van der Waals surface area contributed by atoms with E-state index < -0.39 is 0 Å². The molecule has 2 aromatic rings. The number of hydrogen-bond donors (Lipinski definition) is 3. The molecule has 0 spiro atoms. The van der Waals surface area contributed by atoms with Crippen molar-refractivity contribution in [3.05, 3.63) is 18.2 Å². The average molecular weight is 276 g/mol. The number of hydrogen-bond acceptors (Lipinski definition) is 6. The molecule has 0 radical (unpaired) electrons. The molecular weight excluding hydrogens is 256 g/mol. The summed E-state index contributed by atoms with van der Waals surface area (Å²) in [4.78, 5) is 8.44. The minimum atomic E-state index is -0.0521. The maximum atomic E-state index is 9.40. The first kappa shape index (κ1) is 14.3. The maximum absolute atomic E-state index is 9.40. The summed E-state index contributed by atoms with van der Waals surface area (Å²) in [6.45, 7) is 2.11. The molecule has 0 aliphatic heterocycles. The van der Waals surface area contributed by atoms with Crippen LogP contribution in [0.5, 0.6) is 5.75 Å². The molecule has 4 N–H and O–H groups in total. The summed E-state index contributed by atoms with van der Waals surface area (Å²) in [5.41, 5.74) is 6.47. The third-order valence-electron chi connectivity index (χ3n) is 3.12. The summed E-state index contributed by atoms with van der Waals surface area (Å²) >= 11 is 0. The van der Waals surface area contributed by atoms with Crippen LogP contribution in [0.3, 0.4) is 0 Å². The van der Waals surface area contributed by atoms with Crippen molar-refractivity contribution in [2.75, 3.05) is 24.8 Å². The van der Waals surface area contributed by atoms with Crippen molar-refractivity contribution in [2.45, 2.75) is 25.8 Å². The minimum absolute atomic E-state index is 0.0449. The lowest BCUT2D eigenvalue weighted by Gasteiger charge is -2.17. The van der Waals surface area contributed by atoms with E-state index in [0.717, 1.165) is 29.5 Å². The Kier molecular flexibility index (Phi) is 4.57. The number of aromatic nitrogens is 2. The van der Waals surface area contributed by atoms with E-state index in [0.29, 0.717) is 5.82 Å². The Labute approximate surface area is 118 Å². The quantitative estimate of drug-likeness (QED) is 0.745. The standard InChI is InChI=1S/C14H20N4O2/c1-3-4-9(8-19)16-13-11-7-10(20-2)5-6-12(11)17-14(15)18-13/h5-7,9,19H,3-4,8H2,1-2H3,(H3,15,16,17,18). The second kappa shape index (κ2) is 6.38. The molecule has 1 heterocycles. The SMILES string of the molecule is CCCC(CO)Nc1nc(N)nc2ccc(OC)cc12. The minimum Gasteiger partial charge on any atom is -0.497 e. The van der Waals surface area contributed by atoms with Crippen LogP contribution in [-0.2, 0) is 0 Å². The van der Waals surface area contributed by atoms with Gasteiger partial charge in [-0.3, -0.25) is 0 Å². The number of nitrogens with two attached hydrogens (primary N) is 1. The second-order valence-corrected chi connectivity index (χ2v) is 4.63. The van der Waals surface area contributed by atoms with Crippen molar-refractivity contribution < 1.29 is 9.84 Å². The Balaban J connectivity index is 2.44. The number of aliphatic hydroxyl groups is 1. The van der Waals surface area contributed by atoms with Gasteiger partial charge in [-0.25, -0.2) is 4.98 Å². The van der Waals surface area contributed by atoms with Gasteiger partial charge in [-0.15, -0.1) is 0 Å². The molecule has 2 rings (SSSR count). The zero-order valence-electron chi connectivity index (χ0n) is 11.8. The molecule has 1 atom stereocenters. The summed E-state index contributed by atoms with van der Waals surface area (Å²) in [6.07, 6.45) is 1.83. The number of nitrogens with one attached hydrogen (secondary N) is 1. The van der Waals surface area contributed by atoms with E-state index in [2.05, 4.69) is 22.2 Å². The third kappa shape index (κ3) is 3.08. The summed E-state index contributed by atoms with van der Waals surface area (Å²) in [7, 11) is 1.61. The van der Waals surface area contributed by atoms with Crippen molar-refractivity contribution >= 4 is 22.7 Å². The molecule has 6 nitrogen and oxygen atoms in total. The number of ether oxygens (including phenoxy) is 1. The number of aliphatic hydroxyl groups excluding tert-OH is 1. The van der Waals surface area contributed by atoms with Crippen molar-refractivity contribution in [3.8, 4) is 5.75 Å². The van der Waals surface area contributed by atoms with Gasteiger partial charge in [0.1, 0.15) is 11.6 Å². The zero-order chi connectivity index (χ0) is 14.5. The van der Waals surface area contributed by atoms with E-state index in [4.69, 9.17) is 10.5 Å². The number of nitrogens with zero attached hydrogens (tertiary/aromatic N) is 2. The molecule has 0 saturated heterocycles. The number of methoxy groups -OCH3 is 1. The molecule has 20 heavy (non-hydrogen) atoms. The largest absolute Gasteiger partial charge is 0.497 e. The van der Waals surface area contributed by atoms with Gasteiger partial charge in [0.2, 0.25) is 5.95 Å².